The Balaban J connectivity index is 0.000000322. The Morgan fingerprint density at radius 3 is 1.66 bits per heavy atom. The summed E-state index contributed by atoms with van der Waals surface area (Å²) in [7, 11) is 6.69. The minimum absolute atomic E-state index is 0. The van der Waals surface area contributed by atoms with Gasteiger partial charge < -0.3 is 52.6 Å². The maximum atomic E-state index is 13.9. The number of para-hydroxylation sites is 2. The molecule has 0 aliphatic carbocycles. The summed E-state index contributed by atoms with van der Waals surface area (Å²) in [4.78, 5) is 0. The van der Waals surface area contributed by atoms with Crippen molar-refractivity contribution in [1.29, 1.82) is 0 Å². The van der Waals surface area contributed by atoms with E-state index in [9.17, 15) is 8.78 Å². The number of hydrogen-bond donors (Lipinski definition) is 1. The standard InChI is InChI=1S/C14H12ClFO2.C8H10BO4.C6H3BrClF.HI/c1-17-13-5-3-4-11(14(13)18-2)10-7-6-9(15)8-12(10)16;1-11-6-4-3-5-7(13-9-10)8(6)12-2;7-5-2-1-4(8)3-6(5)9;/h3-8H,1-2H3;3-5,10H,1-2H3;1-3H;1H/p-1. The van der Waals surface area contributed by atoms with Crippen LogP contribution in [-0.2, 0) is 0 Å². The van der Waals surface area contributed by atoms with Gasteiger partial charge >= 0.3 is 7.69 Å². The minimum Gasteiger partial charge on any atom is -1.00 e. The molecule has 0 heterocycles. The predicted octanol–water partition coefficient (Wildman–Crippen LogP) is 5.02. The van der Waals surface area contributed by atoms with E-state index in [-0.39, 0.29) is 29.8 Å². The van der Waals surface area contributed by atoms with Gasteiger partial charge in [0.1, 0.15) is 17.4 Å². The lowest BCUT2D eigenvalue weighted by molar-refractivity contribution is -0.0000116. The van der Waals surface area contributed by atoms with Gasteiger partial charge in [-0.2, -0.15) is 0 Å². The largest absolute Gasteiger partial charge is 1.00 e. The van der Waals surface area contributed by atoms with Crippen LogP contribution >= 0.6 is 39.1 Å². The second kappa shape index (κ2) is 18.9. The summed E-state index contributed by atoms with van der Waals surface area (Å²) in [5, 5.41) is 9.23. The van der Waals surface area contributed by atoms with Gasteiger partial charge in [0.05, 0.1) is 32.9 Å². The molecule has 0 unspecified atom stereocenters. The summed E-state index contributed by atoms with van der Waals surface area (Å²) in [6.45, 7) is 0. The molecule has 41 heavy (non-hydrogen) atoms. The van der Waals surface area contributed by atoms with Gasteiger partial charge in [0.25, 0.3) is 0 Å². The zero-order chi connectivity index (χ0) is 29.7. The second-order valence-corrected chi connectivity index (χ2v) is 9.17. The number of halogens is 6. The molecule has 4 aromatic carbocycles. The van der Waals surface area contributed by atoms with Crippen molar-refractivity contribution in [2.75, 3.05) is 28.4 Å². The molecule has 0 amide bonds. The van der Waals surface area contributed by atoms with Crippen LogP contribution in [0.5, 0.6) is 28.7 Å². The molecular weight excluding hydrogens is 759 g/mol. The van der Waals surface area contributed by atoms with Crippen LogP contribution in [0, 0.1) is 11.6 Å². The number of benzene rings is 4. The van der Waals surface area contributed by atoms with Gasteiger partial charge in [-0.3, -0.25) is 0 Å². The van der Waals surface area contributed by atoms with Gasteiger partial charge in [-0.05, 0) is 70.5 Å². The molecule has 1 radical (unpaired) electrons. The van der Waals surface area contributed by atoms with Crippen LogP contribution in [0.2, 0.25) is 10.0 Å². The molecule has 13 heteroatoms. The molecule has 0 saturated heterocycles. The van der Waals surface area contributed by atoms with E-state index < -0.39 is 5.82 Å². The van der Waals surface area contributed by atoms with Gasteiger partial charge in [0.15, 0.2) is 17.2 Å². The highest BCUT2D eigenvalue weighted by Crippen LogP contribution is 2.39. The van der Waals surface area contributed by atoms with E-state index in [0.29, 0.717) is 62.1 Å². The quantitative estimate of drug-likeness (QED) is 0.162. The molecular formula is C28H25BBrCl2F2IO6-. The van der Waals surface area contributed by atoms with Crippen LogP contribution in [0.25, 0.3) is 11.1 Å². The van der Waals surface area contributed by atoms with Crippen molar-refractivity contribution in [1.82, 2.24) is 0 Å². The minimum atomic E-state index is -0.394. The van der Waals surface area contributed by atoms with Gasteiger partial charge in [0.2, 0.25) is 5.75 Å². The van der Waals surface area contributed by atoms with E-state index in [1.807, 2.05) is 0 Å². The van der Waals surface area contributed by atoms with E-state index in [1.165, 1.54) is 33.5 Å². The Labute approximate surface area is 273 Å². The molecule has 0 bridgehead atoms. The lowest BCUT2D eigenvalue weighted by Crippen LogP contribution is -3.00. The Morgan fingerprint density at radius 1 is 0.659 bits per heavy atom. The molecule has 219 valence electrons. The summed E-state index contributed by atoms with van der Waals surface area (Å²) in [5.74, 6) is 1.75. The monoisotopic (exact) mass is 782 g/mol. The van der Waals surface area contributed by atoms with Crippen LogP contribution in [0.1, 0.15) is 0 Å². The third-order valence-electron chi connectivity index (χ3n) is 5.05. The highest BCUT2D eigenvalue weighted by Gasteiger charge is 2.14. The number of ether oxygens (including phenoxy) is 4. The van der Waals surface area contributed by atoms with Gasteiger partial charge in [-0.1, -0.05) is 41.4 Å². The van der Waals surface area contributed by atoms with Crippen LogP contribution < -0.4 is 47.6 Å². The molecule has 0 saturated carbocycles. The number of hydrogen-bond acceptors (Lipinski definition) is 6. The first-order valence-electron chi connectivity index (χ1n) is 11.3. The van der Waals surface area contributed by atoms with Crippen molar-refractivity contribution in [3.8, 4) is 39.9 Å². The highest BCUT2D eigenvalue weighted by atomic mass is 127. The van der Waals surface area contributed by atoms with Crippen molar-refractivity contribution in [3.05, 3.63) is 98.9 Å². The lowest BCUT2D eigenvalue weighted by atomic mass is 10.0. The summed E-state index contributed by atoms with van der Waals surface area (Å²) in [6.07, 6.45) is 0. The molecule has 6 nitrogen and oxygen atoms in total. The van der Waals surface area contributed by atoms with E-state index in [4.69, 9.17) is 51.8 Å². The van der Waals surface area contributed by atoms with Crippen molar-refractivity contribution in [2.45, 2.75) is 0 Å². The molecule has 0 fully saturated rings. The first kappa shape index (κ1) is 36.6. The summed E-state index contributed by atoms with van der Waals surface area (Å²) < 4.78 is 52.1. The van der Waals surface area contributed by atoms with Crippen molar-refractivity contribution < 1.29 is 61.4 Å². The first-order chi connectivity index (χ1) is 19.2. The maximum absolute atomic E-state index is 13.9. The Morgan fingerprint density at radius 2 is 1.17 bits per heavy atom. The first-order valence-corrected chi connectivity index (χ1v) is 12.9. The SMILES string of the molecule is COc1cccc(-c2ccc(Cl)cc2F)c1OC.COc1cccc(O[B]O)c1OC.Fc1cc(Cl)ccc1Br.[I-]. The highest BCUT2D eigenvalue weighted by molar-refractivity contribution is 9.10. The van der Waals surface area contributed by atoms with Crippen molar-refractivity contribution >= 4 is 46.8 Å². The maximum Gasteiger partial charge on any atom is 0.569 e. The van der Waals surface area contributed by atoms with E-state index in [0.717, 1.165) is 0 Å². The zero-order valence-electron chi connectivity index (χ0n) is 22.3. The summed E-state index contributed by atoms with van der Waals surface area (Å²) in [6, 6.07) is 19.4. The summed E-state index contributed by atoms with van der Waals surface area (Å²) >= 11 is 14.2. The van der Waals surface area contributed by atoms with Gasteiger partial charge in [0, 0.05) is 21.2 Å². The fourth-order valence-electron chi connectivity index (χ4n) is 3.28. The third kappa shape index (κ3) is 10.7. The van der Waals surface area contributed by atoms with Crippen molar-refractivity contribution in [3.63, 3.8) is 0 Å². The predicted molar refractivity (Wildman–Crippen MR) is 157 cm³/mol. The Bertz CT molecular complexity index is 1400. The fourth-order valence-corrected chi connectivity index (χ4v) is 3.85. The molecule has 1 N–H and O–H groups in total. The third-order valence-corrected chi connectivity index (χ3v) is 6.17. The average molecular weight is 784 g/mol. The molecule has 4 rings (SSSR count). The number of methoxy groups -OCH3 is 4. The molecule has 0 atom stereocenters. The Kier molecular flexibility index (Phi) is 16.8. The second-order valence-electron chi connectivity index (χ2n) is 7.44. The van der Waals surface area contributed by atoms with Gasteiger partial charge in [-0.25, -0.2) is 8.78 Å². The van der Waals surface area contributed by atoms with Crippen LogP contribution in [-0.4, -0.2) is 41.1 Å². The zero-order valence-corrected chi connectivity index (χ0v) is 27.5. The van der Waals surface area contributed by atoms with Gasteiger partial charge in [-0.15, -0.1) is 0 Å². The lowest BCUT2D eigenvalue weighted by Gasteiger charge is -2.13. The van der Waals surface area contributed by atoms with E-state index in [2.05, 4.69) is 15.9 Å². The summed E-state index contributed by atoms with van der Waals surface area (Å²) in [5.41, 5.74) is 1.06. The topological polar surface area (TPSA) is 66.4 Å². The smallest absolute Gasteiger partial charge is 0.569 e. The fraction of sp³-hybridized carbons (Fsp3) is 0.143. The average Bonchev–Trinajstić information content (AvgIpc) is 2.95. The van der Waals surface area contributed by atoms with Crippen molar-refractivity contribution in [2.24, 2.45) is 0 Å². The molecule has 0 aliphatic rings. The normalized spacial score (nSPS) is 9.51. The molecule has 4 aromatic rings. The Hall–Kier alpha value is -2.45. The van der Waals surface area contributed by atoms with E-state index in [1.54, 1.807) is 67.8 Å². The molecule has 0 aromatic heterocycles. The molecule has 0 spiro atoms. The number of rotatable bonds is 7. The molecule has 0 aliphatic heterocycles. The van der Waals surface area contributed by atoms with Crippen LogP contribution in [0.3, 0.4) is 0 Å². The van der Waals surface area contributed by atoms with Crippen LogP contribution in [0.4, 0.5) is 8.78 Å². The van der Waals surface area contributed by atoms with E-state index >= 15 is 0 Å². The van der Waals surface area contributed by atoms with Crippen LogP contribution in [0.15, 0.2) is 77.3 Å².